The second-order valence-electron chi connectivity index (χ2n) is 5.77. The largest absolute Gasteiger partial charge is 0.339 e. The van der Waals surface area contributed by atoms with E-state index in [4.69, 9.17) is 10.3 Å². The Morgan fingerprint density at radius 2 is 2.13 bits per heavy atom. The van der Waals surface area contributed by atoms with Crippen molar-refractivity contribution in [3.63, 3.8) is 0 Å². The molecule has 3 rings (SSSR count). The third-order valence-corrected chi connectivity index (χ3v) is 4.22. The molecule has 2 N–H and O–H groups in total. The first kappa shape index (κ1) is 17.4. The van der Waals surface area contributed by atoms with Crippen LogP contribution in [0.3, 0.4) is 0 Å². The zero-order chi connectivity index (χ0) is 15.9. The van der Waals surface area contributed by atoms with Crippen LogP contribution in [-0.2, 0) is 18.5 Å². The molecule has 0 radical (unpaired) electrons. The van der Waals surface area contributed by atoms with E-state index in [0.717, 1.165) is 19.3 Å². The van der Waals surface area contributed by atoms with Crippen molar-refractivity contribution in [3.8, 4) is 0 Å². The van der Waals surface area contributed by atoms with E-state index in [0.29, 0.717) is 36.1 Å². The lowest BCUT2D eigenvalue weighted by Gasteiger charge is -2.34. The molecule has 1 aliphatic carbocycles. The van der Waals surface area contributed by atoms with Crippen LogP contribution < -0.4 is 5.73 Å². The number of aryl methyl sites for hydroxylation is 3. The summed E-state index contributed by atoms with van der Waals surface area (Å²) in [5.74, 6) is 1.02. The molecular formula is C13H19ClN6O3. The average molecular weight is 343 g/mol. The normalized spacial score (nSPS) is 15.8. The van der Waals surface area contributed by atoms with Gasteiger partial charge >= 0.3 is 5.69 Å². The summed E-state index contributed by atoms with van der Waals surface area (Å²) in [6.45, 7) is 3.75. The Morgan fingerprint density at radius 3 is 2.65 bits per heavy atom. The van der Waals surface area contributed by atoms with E-state index in [9.17, 15) is 10.1 Å². The molecule has 1 fully saturated rings. The second kappa shape index (κ2) is 6.25. The van der Waals surface area contributed by atoms with Gasteiger partial charge in [-0.15, -0.1) is 12.4 Å². The van der Waals surface area contributed by atoms with E-state index >= 15 is 0 Å². The van der Waals surface area contributed by atoms with E-state index in [1.54, 1.807) is 18.5 Å². The molecule has 2 heterocycles. The number of nitrogens with two attached hydrogens (primary N) is 1. The second-order valence-corrected chi connectivity index (χ2v) is 5.77. The van der Waals surface area contributed by atoms with Crippen molar-refractivity contribution in [2.24, 2.45) is 5.73 Å². The summed E-state index contributed by atoms with van der Waals surface area (Å²) in [5.41, 5.74) is 6.69. The van der Waals surface area contributed by atoms with Gasteiger partial charge in [-0.2, -0.15) is 10.1 Å². The quantitative estimate of drug-likeness (QED) is 0.648. The van der Waals surface area contributed by atoms with Gasteiger partial charge in [0.05, 0.1) is 17.0 Å². The zero-order valence-corrected chi connectivity index (χ0v) is 13.8. The van der Waals surface area contributed by atoms with Gasteiger partial charge in [0, 0.05) is 6.42 Å². The van der Waals surface area contributed by atoms with E-state index in [1.807, 2.05) is 0 Å². The Hall–Kier alpha value is -2.00. The van der Waals surface area contributed by atoms with Gasteiger partial charge in [-0.05, 0) is 33.1 Å². The third-order valence-electron chi connectivity index (χ3n) is 4.22. The van der Waals surface area contributed by atoms with Gasteiger partial charge in [-0.3, -0.25) is 14.8 Å². The predicted octanol–water partition coefficient (Wildman–Crippen LogP) is 1.79. The van der Waals surface area contributed by atoms with Crippen molar-refractivity contribution < 1.29 is 9.45 Å². The molecule has 0 aliphatic heterocycles. The average Bonchev–Trinajstić information content (AvgIpc) is 2.99. The monoisotopic (exact) mass is 342 g/mol. The maximum atomic E-state index is 11.0. The van der Waals surface area contributed by atoms with Crippen molar-refractivity contribution in [1.29, 1.82) is 0 Å². The zero-order valence-electron chi connectivity index (χ0n) is 13.0. The minimum Gasteiger partial charge on any atom is -0.339 e. The van der Waals surface area contributed by atoms with Crippen LogP contribution >= 0.6 is 12.4 Å². The molecule has 126 valence electrons. The highest BCUT2D eigenvalue weighted by molar-refractivity contribution is 5.85. The minimum absolute atomic E-state index is 0. The molecule has 10 heteroatoms. The van der Waals surface area contributed by atoms with Crippen LogP contribution in [0.1, 0.15) is 42.4 Å². The molecule has 0 bridgehead atoms. The Labute approximate surface area is 138 Å². The summed E-state index contributed by atoms with van der Waals surface area (Å²) in [4.78, 5) is 14.9. The standard InChI is InChI=1S/C13H18N6O3.ClH/c1-8-11(19(20)21)9(2)18(16-8)7-4-10-15-12(17-22-10)13(14)5-3-6-13;/h3-7,14H2,1-2H3;1H. The molecule has 2 aromatic rings. The van der Waals surface area contributed by atoms with Gasteiger partial charge in [0.2, 0.25) is 5.89 Å². The van der Waals surface area contributed by atoms with Crippen LogP contribution in [0, 0.1) is 24.0 Å². The highest BCUT2D eigenvalue weighted by atomic mass is 35.5. The summed E-state index contributed by atoms with van der Waals surface area (Å²) in [6, 6.07) is 0. The summed E-state index contributed by atoms with van der Waals surface area (Å²) in [6.07, 6.45) is 3.28. The molecule has 0 aromatic carbocycles. The van der Waals surface area contributed by atoms with Gasteiger partial charge in [0.15, 0.2) is 5.82 Å². The van der Waals surface area contributed by atoms with Crippen LogP contribution in [-0.4, -0.2) is 24.8 Å². The SMILES string of the molecule is Cc1nn(CCc2nc(C3(N)CCC3)no2)c(C)c1[N+](=O)[O-].Cl. The molecular weight excluding hydrogens is 324 g/mol. The van der Waals surface area contributed by atoms with Gasteiger partial charge in [0.1, 0.15) is 11.4 Å². The highest BCUT2D eigenvalue weighted by Crippen LogP contribution is 2.36. The molecule has 0 saturated heterocycles. The number of hydrogen-bond acceptors (Lipinski definition) is 7. The molecule has 0 amide bonds. The maximum absolute atomic E-state index is 11.0. The number of nitro groups is 1. The van der Waals surface area contributed by atoms with Crippen molar-refractivity contribution in [3.05, 3.63) is 33.2 Å². The summed E-state index contributed by atoms with van der Waals surface area (Å²) in [7, 11) is 0. The van der Waals surface area contributed by atoms with Gasteiger partial charge in [-0.1, -0.05) is 5.16 Å². The van der Waals surface area contributed by atoms with Crippen molar-refractivity contribution in [2.75, 3.05) is 0 Å². The van der Waals surface area contributed by atoms with E-state index in [1.165, 1.54) is 0 Å². The van der Waals surface area contributed by atoms with E-state index in [2.05, 4.69) is 15.2 Å². The topological polar surface area (TPSA) is 126 Å². The number of hydrogen-bond donors (Lipinski definition) is 1. The Morgan fingerprint density at radius 1 is 1.43 bits per heavy atom. The Kier molecular flexibility index (Phi) is 4.71. The molecule has 1 aliphatic rings. The van der Waals surface area contributed by atoms with Crippen molar-refractivity contribution in [1.82, 2.24) is 19.9 Å². The number of nitrogens with zero attached hydrogens (tertiary/aromatic N) is 5. The predicted molar refractivity (Wildman–Crippen MR) is 83.3 cm³/mol. The Bertz CT molecular complexity index is 721. The molecule has 9 nitrogen and oxygen atoms in total. The van der Waals surface area contributed by atoms with E-state index in [-0.39, 0.29) is 18.1 Å². The molecule has 1 saturated carbocycles. The van der Waals surface area contributed by atoms with E-state index < -0.39 is 10.5 Å². The van der Waals surface area contributed by atoms with Gasteiger partial charge in [0.25, 0.3) is 0 Å². The summed E-state index contributed by atoms with van der Waals surface area (Å²) < 4.78 is 6.81. The fraction of sp³-hybridized carbons (Fsp3) is 0.615. The first-order chi connectivity index (χ1) is 10.4. The molecule has 0 atom stereocenters. The third kappa shape index (κ3) is 3.06. The van der Waals surface area contributed by atoms with Crippen molar-refractivity contribution >= 4 is 18.1 Å². The highest BCUT2D eigenvalue weighted by Gasteiger charge is 2.38. The number of aromatic nitrogens is 4. The Balaban J connectivity index is 0.00000192. The van der Waals surface area contributed by atoms with Gasteiger partial charge in [-0.25, -0.2) is 0 Å². The van der Waals surface area contributed by atoms with Crippen LogP contribution in [0.2, 0.25) is 0 Å². The minimum atomic E-state index is -0.446. The summed E-state index contributed by atoms with van der Waals surface area (Å²) in [5, 5.41) is 19.1. The number of halogens is 1. The maximum Gasteiger partial charge on any atom is 0.312 e. The fourth-order valence-electron chi connectivity index (χ4n) is 2.71. The first-order valence-electron chi connectivity index (χ1n) is 7.21. The lowest BCUT2D eigenvalue weighted by molar-refractivity contribution is -0.386. The van der Waals surface area contributed by atoms with Gasteiger partial charge < -0.3 is 10.3 Å². The summed E-state index contributed by atoms with van der Waals surface area (Å²) >= 11 is 0. The lowest BCUT2D eigenvalue weighted by Crippen LogP contribution is -2.44. The molecule has 2 aromatic heterocycles. The van der Waals surface area contributed by atoms with Crippen LogP contribution in [0.25, 0.3) is 0 Å². The van der Waals surface area contributed by atoms with Crippen molar-refractivity contribution in [2.45, 2.75) is 51.6 Å². The number of rotatable bonds is 5. The van der Waals surface area contributed by atoms with Crippen LogP contribution in [0.5, 0.6) is 0 Å². The van der Waals surface area contributed by atoms with Crippen LogP contribution in [0.4, 0.5) is 5.69 Å². The smallest absolute Gasteiger partial charge is 0.312 e. The first-order valence-corrected chi connectivity index (χ1v) is 7.21. The molecule has 23 heavy (non-hydrogen) atoms. The lowest BCUT2D eigenvalue weighted by atomic mass is 9.77. The molecule has 0 spiro atoms. The van der Waals surface area contributed by atoms with Crippen LogP contribution in [0.15, 0.2) is 4.52 Å². The fourth-order valence-corrected chi connectivity index (χ4v) is 2.71. The molecule has 0 unspecified atom stereocenters.